The monoisotopic (exact) mass is 516 g/mol. The fourth-order valence-electron chi connectivity index (χ4n) is 3.90. The number of fused-ring (bicyclic) bond motifs is 1. The number of nitrogens with zero attached hydrogens (tertiary/aromatic N) is 3. The third-order valence-corrected chi connectivity index (χ3v) is 6.93. The van der Waals surface area contributed by atoms with Crippen molar-refractivity contribution in [2.75, 3.05) is 7.11 Å². The number of halogens is 3. The Hall–Kier alpha value is -3.80. The summed E-state index contributed by atoms with van der Waals surface area (Å²) in [7, 11) is 1.31. The molecule has 3 aromatic rings. The van der Waals surface area contributed by atoms with Gasteiger partial charge < -0.3 is 15.2 Å². The molecule has 36 heavy (non-hydrogen) atoms. The maximum absolute atomic E-state index is 13.6. The van der Waals surface area contributed by atoms with E-state index in [-0.39, 0.29) is 23.0 Å². The Bertz CT molecular complexity index is 1460. The van der Waals surface area contributed by atoms with Crippen molar-refractivity contribution >= 4 is 45.8 Å². The van der Waals surface area contributed by atoms with E-state index in [4.69, 9.17) is 4.74 Å². The molecule has 2 aromatic carbocycles. The van der Waals surface area contributed by atoms with E-state index in [1.807, 2.05) is 0 Å². The van der Waals surface area contributed by atoms with Crippen molar-refractivity contribution in [3.63, 3.8) is 0 Å². The number of carbonyl (C=O) groups excluding carboxylic acids is 1. The van der Waals surface area contributed by atoms with E-state index in [0.29, 0.717) is 34.2 Å². The second kappa shape index (κ2) is 8.70. The zero-order chi connectivity index (χ0) is 25.7. The summed E-state index contributed by atoms with van der Waals surface area (Å²) in [6, 6.07) is 9.03. The van der Waals surface area contributed by atoms with Crippen LogP contribution in [0.4, 0.5) is 13.2 Å². The van der Waals surface area contributed by atoms with Gasteiger partial charge in [-0.15, -0.1) is 0 Å². The summed E-state index contributed by atoms with van der Waals surface area (Å²) in [5, 5.41) is 17.3. The molecule has 186 valence electrons. The summed E-state index contributed by atoms with van der Waals surface area (Å²) in [5.41, 5.74) is -0.481. The summed E-state index contributed by atoms with van der Waals surface area (Å²) in [6.45, 7) is -0.0920. The molecule has 1 amide bonds. The van der Waals surface area contributed by atoms with Gasteiger partial charge in [0.15, 0.2) is 5.17 Å². The average Bonchev–Trinajstić information content (AvgIpc) is 3.40. The first-order chi connectivity index (χ1) is 17.1. The molecule has 0 atom stereocenters. The molecule has 0 unspecified atom stereocenters. The number of alkyl halides is 3. The van der Waals surface area contributed by atoms with Gasteiger partial charge in [-0.1, -0.05) is 12.1 Å². The van der Waals surface area contributed by atoms with Crippen molar-refractivity contribution in [3.8, 4) is 5.75 Å². The molecule has 8 nitrogen and oxygen atoms in total. The van der Waals surface area contributed by atoms with Gasteiger partial charge in [-0.2, -0.15) is 23.3 Å². The molecular weight excluding hydrogens is 497 g/mol. The smallest absolute Gasteiger partial charge is 0.416 e. The molecule has 1 aliphatic heterocycles. The fraction of sp³-hybridized carbons (Fsp3) is 0.250. The third-order valence-electron chi connectivity index (χ3n) is 6.03. The van der Waals surface area contributed by atoms with Gasteiger partial charge >= 0.3 is 12.1 Å². The van der Waals surface area contributed by atoms with Crippen LogP contribution < -0.4 is 10.1 Å². The quantitative estimate of drug-likeness (QED) is 0.471. The Morgan fingerprint density at radius 3 is 2.72 bits per heavy atom. The van der Waals surface area contributed by atoms with E-state index in [1.165, 1.54) is 23.9 Å². The molecule has 2 aliphatic rings. The van der Waals surface area contributed by atoms with Crippen LogP contribution >= 0.6 is 11.8 Å². The number of aliphatic imine (C=N–C) groups is 1. The van der Waals surface area contributed by atoms with Gasteiger partial charge in [0.2, 0.25) is 0 Å². The molecule has 0 spiro atoms. The molecule has 0 radical (unpaired) electrons. The Morgan fingerprint density at radius 2 is 2.06 bits per heavy atom. The van der Waals surface area contributed by atoms with Crippen LogP contribution in [-0.2, 0) is 22.3 Å². The zero-order valence-electron chi connectivity index (χ0n) is 18.8. The summed E-state index contributed by atoms with van der Waals surface area (Å²) in [5.74, 6) is -1.33. The van der Waals surface area contributed by atoms with Gasteiger partial charge in [0.1, 0.15) is 11.3 Å². The number of carbonyl (C=O) groups is 2. The maximum Gasteiger partial charge on any atom is 0.416 e. The lowest BCUT2D eigenvalue weighted by atomic mass is 10.1. The van der Waals surface area contributed by atoms with E-state index in [9.17, 15) is 27.9 Å². The van der Waals surface area contributed by atoms with Gasteiger partial charge in [-0.25, -0.2) is 4.79 Å². The second-order valence-electron chi connectivity index (χ2n) is 8.49. The lowest BCUT2D eigenvalue weighted by Crippen LogP contribution is -2.41. The first-order valence-electron chi connectivity index (χ1n) is 10.8. The number of nitrogens with one attached hydrogen (secondary N) is 1. The molecule has 1 aliphatic carbocycles. The number of carboxylic acid groups (broad SMARTS) is 1. The Balaban J connectivity index is 1.36. The number of benzene rings is 2. The van der Waals surface area contributed by atoms with Crippen molar-refractivity contribution < 1.29 is 32.6 Å². The van der Waals surface area contributed by atoms with Crippen molar-refractivity contribution in [1.29, 1.82) is 0 Å². The van der Waals surface area contributed by atoms with Crippen LogP contribution in [0.3, 0.4) is 0 Å². The average molecular weight is 517 g/mol. The number of carboxylic acids is 1. The summed E-state index contributed by atoms with van der Waals surface area (Å²) >= 11 is 1.07. The molecular formula is C24H19F3N4O4S. The number of amides is 1. The summed E-state index contributed by atoms with van der Waals surface area (Å²) in [4.78, 5) is 27.9. The first kappa shape index (κ1) is 23.9. The summed E-state index contributed by atoms with van der Waals surface area (Å²) < 4.78 is 47.2. The van der Waals surface area contributed by atoms with E-state index in [2.05, 4.69) is 15.4 Å². The van der Waals surface area contributed by atoms with Crippen LogP contribution in [0.25, 0.3) is 17.0 Å². The largest absolute Gasteiger partial charge is 0.497 e. The minimum absolute atomic E-state index is 0.0550. The minimum Gasteiger partial charge on any atom is -0.497 e. The summed E-state index contributed by atoms with van der Waals surface area (Å²) in [6.07, 6.45) is -0.427. The number of thioether (sulfide) groups is 1. The van der Waals surface area contributed by atoms with Gasteiger partial charge in [0, 0.05) is 5.39 Å². The number of hydrogen-bond acceptors (Lipinski definition) is 6. The Morgan fingerprint density at radius 1 is 1.28 bits per heavy atom. The molecule has 12 heteroatoms. The molecule has 0 bridgehead atoms. The topological polar surface area (TPSA) is 106 Å². The standard InChI is InChI=1S/C24H19F3N4O4S/c1-35-16-4-3-14(17(10-16)24(25,26)27)12-31-18-5-2-13(8-15(18)11-28-31)9-19-20(32)29-22(36-19)30-23(6-7-23)21(33)34/h2-5,8-11H,6-7,12H2,1H3,(H,33,34)(H,29,30,32). The SMILES string of the molecule is COc1ccc(Cn2ncc3cc(C=C4SC(NC5(C(=O)O)CC5)=NC4=O)ccc32)c(C(F)(F)F)c1. The normalized spacial score (nSPS) is 17.9. The van der Waals surface area contributed by atoms with Crippen LogP contribution in [0, 0.1) is 0 Å². The minimum atomic E-state index is -4.54. The predicted molar refractivity (Wildman–Crippen MR) is 128 cm³/mol. The molecule has 5 rings (SSSR count). The lowest BCUT2D eigenvalue weighted by Gasteiger charge is -2.15. The van der Waals surface area contributed by atoms with E-state index >= 15 is 0 Å². The maximum atomic E-state index is 13.6. The van der Waals surface area contributed by atoms with Gasteiger partial charge in [0.25, 0.3) is 5.91 Å². The number of amidine groups is 1. The molecule has 1 aromatic heterocycles. The highest BCUT2D eigenvalue weighted by molar-refractivity contribution is 8.18. The van der Waals surface area contributed by atoms with E-state index in [0.717, 1.165) is 17.8 Å². The van der Waals surface area contributed by atoms with E-state index in [1.54, 1.807) is 30.5 Å². The Kier molecular flexibility index (Phi) is 5.78. The highest BCUT2D eigenvalue weighted by atomic mass is 32.2. The van der Waals surface area contributed by atoms with Crippen LogP contribution in [0.1, 0.15) is 29.5 Å². The van der Waals surface area contributed by atoms with Crippen LogP contribution in [0.15, 0.2) is 52.5 Å². The number of ether oxygens (including phenoxy) is 1. The predicted octanol–water partition coefficient (Wildman–Crippen LogP) is 4.29. The van der Waals surface area contributed by atoms with Crippen LogP contribution in [0.2, 0.25) is 0 Å². The Labute approximate surface area is 206 Å². The van der Waals surface area contributed by atoms with Crippen molar-refractivity contribution in [3.05, 3.63) is 64.2 Å². The zero-order valence-corrected chi connectivity index (χ0v) is 19.6. The molecule has 1 saturated carbocycles. The van der Waals surface area contributed by atoms with Gasteiger partial charge in [0.05, 0.1) is 35.8 Å². The molecule has 2 heterocycles. The van der Waals surface area contributed by atoms with Crippen molar-refractivity contribution in [1.82, 2.24) is 15.1 Å². The fourth-order valence-corrected chi connectivity index (χ4v) is 4.81. The number of aliphatic carboxylic acids is 1. The number of methoxy groups -OCH3 is 1. The highest BCUT2D eigenvalue weighted by Gasteiger charge is 2.51. The van der Waals surface area contributed by atoms with E-state index < -0.39 is 29.2 Å². The molecule has 0 saturated heterocycles. The first-order valence-corrected chi connectivity index (χ1v) is 11.6. The third kappa shape index (κ3) is 4.55. The highest BCUT2D eigenvalue weighted by Crippen LogP contribution is 2.39. The van der Waals surface area contributed by atoms with Crippen LogP contribution in [0.5, 0.6) is 5.75 Å². The number of hydrogen-bond donors (Lipinski definition) is 2. The van der Waals surface area contributed by atoms with Gasteiger partial charge in [-0.05, 0) is 66.1 Å². The van der Waals surface area contributed by atoms with Crippen molar-refractivity contribution in [2.24, 2.45) is 4.99 Å². The second-order valence-corrected chi connectivity index (χ2v) is 9.52. The number of rotatable bonds is 6. The van der Waals surface area contributed by atoms with Crippen LogP contribution in [-0.4, -0.2) is 44.6 Å². The lowest BCUT2D eigenvalue weighted by molar-refractivity contribution is -0.140. The number of aromatic nitrogens is 2. The van der Waals surface area contributed by atoms with Crippen molar-refractivity contribution in [2.45, 2.75) is 31.1 Å². The molecule has 2 N–H and O–H groups in total. The molecule has 1 fully saturated rings. The van der Waals surface area contributed by atoms with Gasteiger partial charge in [-0.3, -0.25) is 9.48 Å².